The fourth-order valence-electron chi connectivity index (χ4n) is 7.22. The van der Waals surface area contributed by atoms with Crippen molar-refractivity contribution in [1.29, 1.82) is 0 Å². The van der Waals surface area contributed by atoms with Crippen LogP contribution < -0.4 is 0 Å². The first-order valence-corrected chi connectivity index (χ1v) is 18.9. The highest BCUT2D eigenvalue weighted by molar-refractivity contribution is 8.01. The van der Waals surface area contributed by atoms with E-state index < -0.39 is 76.5 Å². The van der Waals surface area contributed by atoms with Crippen LogP contribution in [-0.4, -0.2) is 130 Å². The molecule has 16 nitrogen and oxygen atoms in total. The molecule has 5 atom stereocenters. The molecule has 5 rings (SSSR count). The van der Waals surface area contributed by atoms with Gasteiger partial charge in [-0.25, -0.2) is 28.8 Å². The second-order valence-electron chi connectivity index (χ2n) is 17.8. The molecule has 300 valence electrons. The largest absolute Gasteiger partial charge is 0.480 e. The molecule has 5 fully saturated rings. The van der Waals surface area contributed by atoms with Crippen molar-refractivity contribution in [2.24, 2.45) is 11.3 Å². The second-order valence-corrected chi connectivity index (χ2v) is 19.1. The maximum Gasteiger partial charge on any atom is 0.411 e. The summed E-state index contributed by atoms with van der Waals surface area (Å²) < 4.78 is 15.4. The highest BCUT2D eigenvalue weighted by atomic mass is 32.2. The van der Waals surface area contributed by atoms with Crippen LogP contribution in [0.25, 0.3) is 0 Å². The van der Waals surface area contributed by atoms with E-state index in [0.29, 0.717) is 5.88 Å². The Kier molecular flexibility index (Phi) is 12.8. The van der Waals surface area contributed by atoms with Crippen LogP contribution >= 0.6 is 11.8 Å². The molecule has 17 heteroatoms. The zero-order valence-electron chi connectivity index (χ0n) is 32.7. The molecule has 3 amide bonds. The summed E-state index contributed by atoms with van der Waals surface area (Å²) in [5.41, 5.74) is -3.00. The van der Waals surface area contributed by atoms with E-state index in [1.54, 1.807) is 74.1 Å². The molecule has 0 aromatic carbocycles. The number of nitrogens with zero attached hydrogens (tertiary/aromatic N) is 3. The first kappa shape index (κ1) is 43.6. The van der Waals surface area contributed by atoms with E-state index >= 15 is 0 Å². The monoisotopic (exact) mass is 771 g/mol. The summed E-state index contributed by atoms with van der Waals surface area (Å²) in [5.74, 6) is -2.80. The van der Waals surface area contributed by atoms with E-state index in [1.165, 1.54) is 23.6 Å². The second kappa shape index (κ2) is 15.5. The average molecular weight is 772 g/mol. The summed E-state index contributed by atoms with van der Waals surface area (Å²) in [6.45, 7) is 18.6. The number of likely N-dealkylation sites (tertiary alicyclic amines) is 2. The third-order valence-electron chi connectivity index (χ3n) is 9.70. The fourth-order valence-corrected chi connectivity index (χ4v) is 8.84. The summed E-state index contributed by atoms with van der Waals surface area (Å²) in [6.07, 6.45) is 3.60. The lowest BCUT2D eigenvalue weighted by atomic mass is 9.78. The Morgan fingerprint density at radius 1 is 0.698 bits per heavy atom. The van der Waals surface area contributed by atoms with Gasteiger partial charge in [0.1, 0.15) is 34.9 Å². The van der Waals surface area contributed by atoms with E-state index in [4.69, 9.17) is 14.2 Å². The van der Waals surface area contributed by atoms with Gasteiger partial charge in [-0.2, -0.15) is 0 Å². The molecule has 2 bridgehead atoms. The van der Waals surface area contributed by atoms with Crippen molar-refractivity contribution in [3.05, 3.63) is 0 Å². The van der Waals surface area contributed by atoms with Crippen molar-refractivity contribution >= 4 is 53.7 Å². The summed E-state index contributed by atoms with van der Waals surface area (Å²) in [7, 11) is 0. The molecule has 3 aliphatic heterocycles. The third-order valence-corrected chi connectivity index (χ3v) is 11.3. The Hall–Kier alpha value is -3.76. The number of hydrogen-bond donors (Lipinski definition) is 3. The number of thioether (sulfide) groups is 1. The van der Waals surface area contributed by atoms with Gasteiger partial charge in [-0.3, -0.25) is 19.5 Å². The first-order valence-electron chi connectivity index (χ1n) is 17.9. The molecule has 5 aliphatic rings. The van der Waals surface area contributed by atoms with Crippen molar-refractivity contribution in [3.8, 4) is 0 Å². The number of carboxylic acid groups (broad SMARTS) is 3. The number of aliphatic carboxylic acids is 3. The molecule has 2 saturated carbocycles. The van der Waals surface area contributed by atoms with E-state index in [2.05, 4.69) is 0 Å². The standard InChI is InChI=1S/C12H19NO5.C12H19NO4S.C12H19NO4/c1-11(2,3)18-10(17)13-6-7(14)12(4,5)8(13)9(15)16;1-11(2,3)17-10(16)13-7-18-12(5-4-6-12)8(13)9(14)15;1-12(2,3)17-11(16)13-8-5-4-7(6-8)9(13)10(14)15/h8H,6H2,1-5H3,(H,15,16);8H,4-7H2,1-3H3,(H,14,15);7-9H,4-6H2,1-3H3,(H,14,15)/t2*8-;7?,8?,9-/m110/s1. The van der Waals surface area contributed by atoms with Crippen molar-refractivity contribution < 1.29 is 63.1 Å². The number of ether oxygens (including phenoxy) is 3. The van der Waals surface area contributed by atoms with Crippen LogP contribution in [0.5, 0.6) is 0 Å². The summed E-state index contributed by atoms with van der Waals surface area (Å²) in [5, 5.41) is 27.8. The van der Waals surface area contributed by atoms with Gasteiger partial charge in [0.05, 0.1) is 17.8 Å². The Bertz CT molecular complexity index is 1460. The number of ketones is 1. The summed E-state index contributed by atoms with van der Waals surface area (Å²) in [6, 6.07) is -2.56. The molecule has 0 aromatic heterocycles. The summed E-state index contributed by atoms with van der Waals surface area (Å²) >= 11 is 1.57. The number of fused-ring (bicyclic) bond motifs is 2. The average Bonchev–Trinajstić information content (AvgIpc) is 3.71. The Labute approximate surface area is 315 Å². The molecular formula is C36H57N3O13S. The smallest absolute Gasteiger partial charge is 0.411 e. The van der Waals surface area contributed by atoms with Gasteiger partial charge in [-0.05, 0) is 100 Å². The Balaban J connectivity index is 0.000000214. The SMILES string of the molecule is CC(C)(C)OC(=O)N1C2CCC(C2)[C@H]1C(=O)O.CC(C)(C)OC(=O)N1CC(=O)C(C)(C)[C@H]1C(=O)O.CC(C)(C)OC(=O)N1CSC2(CCC2)[C@H]1C(=O)O. The molecular weight excluding hydrogens is 714 g/mol. The van der Waals surface area contributed by atoms with Crippen LogP contribution in [-0.2, 0) is 33.4 Å². The van der Waals surface area contributed by atoms with Crippen LogP contribution in [0, 0.1) is 11.3 Å². The predicted octanol–water partition coefficient (Wildman–Crippen LogP) is 5.45. The van der Waals surface area contributed by atoms with Crippen LogP contribution in [0.2, 0.25) is 0 Å². The molecule has 0 aromatic rings. The van der Waals surface area contributed by atoms with Crippen LogP contribution in [0.3, 0.4) is 0 Å². The van der Waals surface area contributed by atoms with Gasteiger partial charge in [0.15, 0.2) is 5.78 Å². The first-order chi connectivity index (χ1) is 24.0. The van der Waals surface area contributed by atoms with Gasteiger partial charge in [0.25, 0.3) is 0 Å². The van der Waals surface area contributed by atoms with E-state index in [-0.39, 0.29) is 29.0 Å². The Morgan fingerprint density at radius 3 is 1.58 bits per heavy atom. The van der Waals surface area contributed by atoms with Gasteiger partial charge >= 0.3 is 36.2 Å². The minimum absolute atomic E-state index is 0.0518. The number of rotatable bonds is 3. The number of carbonyl (C=O) groups is 7. The quantitative estimate of drug-likeness (QED) is 0.304. The molecule has 3 N–H and O–H groups in total. The van der Waals surface area contributed by atoms with Crippen molar-refractivity contribution in [2.75, 3.05) is 12.4 Å². The highest BCUT2D eigenvalue weighted by Crippen LogP contribution is 2.53. The van der Waals surface area contributed by atoms with Crippen LogP contribution in [0.1, 0.15) is 115 Å². The van der Waals surface area contributed by atoms with Gasteiger partial charge in [-0.15, -0.1) is 11.8 Å². The number of piperidine rings is 1. The van der Waals surface area contributed by atoms with E-state index in [9.17, 15) is 48.9 Å². The maximum atomic E-state index is 12.0. The zero-order valence-corrected chi connectivity index (χ0v) is 33.5. The topological polar surface area (TPSA) is 218 Å². The third kappa shape index (κ3) is 10.3. The number of carboxylic acids is 3. The number of amides is 3. The molecule has 0 radical (unpaired) electrons. The molecule has 2 unspecified atom stereocenters. The minimum atomic E-state index is -1.20. The fraction of sp³-hybridized carbons (Fsp3) is 0.806. The summed E-state index contributed by atoms with van der Waals surface area (Å²) in [4.78, 5) is 85.4. The molecule has 3 heterocycles. The Morgan fingerprint density at radius 2 is 1.17 bits per heavy atom. The van der Waals surface area contributed by atoms with Crippen LogP contribution in [0.15, 0.2) is 0 Å². The van der Waals surface area contributed by atoms with Gasteiger partial charge in [-0.1, -0.05) is 20.3 Å². The predicted molar refractivity (Wildman–Crippen MR) is 192 cm³/mol. The highest BCUT2D eigenvalue weighted by Gasteiger charge is 2.58. The lowest BCUT2D eigenvalue weighted by Gasteiger charge is -2.41. The zero-order chi connectivity index (χ0) is 40.6. The van der Waals surface area contributed by atoms with Crippen molar-refractivity contribution in [3.63, 3.8) is 0 Å². The molecule has 3 saturated heterocycles. The maximum absolute atomic E-state index is 12.0. The molecule has 53 heavy (non-hydrogen) atoms. The van der Waals surface area contributed by atoms with Crippen molar-refractivity contribution in [2.45, 2.75) is 160 Å². The van der Waals surface area contributed by atoms with E-state index in [1.807, 2.05) is 0 Å². The molecule has 1 spiro atoms. The van der Waals surface area contributed by atoms with Gasteiger partial charge < -0.3 is 29.5 Å². The lowest BCUT2D eigenvalue weighted by molar-refractivity contribution is -0.146. The number of carbonyl (C=O) groups excluding carboxylic acids is 4. The lowest BCUT2D eigenvalue weighted by Crippen LogP contribution is -2.54. The van der Waals surface area contributed by atoms with Crippen molar-refractivity contribution in [1.82, 2.24) is 14.7 Å². The van der Waals surface area contributed by atoms with Gasteiger partial charge in [0, 0.05) is 10.8 Å². The number of hydrogen-bond acceptors (Lipinski definition) is 11. The normalized spacial score (nSPS) is 26.8. The van der Waals surface area contributed by atoms with Gasteiger partial charge in [0.2, 0.25) is 0 Å². The molecule has 2 aliphatic carbocycles. The van der Waals surface area contributed by atoms with E-state index in [0.717, 1.165) is 43.4 Å². The minimum Gasteiger partial charge on any atom is -0.480 e. The number of Topliss-reactive ketones (excluding diaryl/α,β-unsaturated/α-hetero) is 1. The van der Waals surface area contributed by atoms with Crippen LogP contribution in [0.4, 0.5) is 14.4 Å².